The number of carbonyl (C=O) groups is 1. The van der Waals surface area contributed by atoms with Crippen LogP contribution in [-0.4, -0.2) is 10.9 Å². The number of hydrogen-bond donors (Lipinski definition) is 2. The fraction of sp³-hybridized carbons (Fsp3) is 0.200. The third-order valence-electron chi connectivity index (χ3n) is 2.83. The fourth-order valence-corrected chi connectivity index (χ4v) is 1.77. The third kappa shape index (κ3) is 3.63. The van der Waals surface area contributed by atoms with Gasteiger partial charge in [-0.05, 0) is 24.1 Å². The molecule has 2 rings (SSSR count). The molecule has 0 saturated heterocycles. The van der Waals surface area contributed by atoms with E-state index in [0.717, 1.165) is 11.1 Å². The Morgan fingerprint density at radius 3 is 2.74 bits per heavy atom. The van der Waals surface area contributed by atoms with Crippen molar-refractivity contribution in [3.8, 4) is 0 Å². The average Bonchev–Trinajstić information content (AvgIpc) is 2.45. The largest absolute Gasteiger partial charge is 0.347 e. The number of rotatable bonds is 4. The van der Waals surface area contributed by atoms with Crippen molar-refractivity contribution in [2.45, 2.75) is 20.0 Å². The van der Waals surface area contributed by atoms with Gasteiger partial charge in [0.2, 0.25) is 0 Å². The Labute approximate surface area is 112 Å². The van der Waals surface area contributed by atoms with E-state index in [2.05, 4.69) is 10.3 Å². The number of nitrogens with zero attached hydrogens (tertiary/aromatic N) is 1. The summed E-state index contributed by atoms with van der Waals surface area (Å²) in [6.45, 7) is 2.96. The summed E-state index contributed by atoms with van der Waals surface area (Å²) in [5.74, 6) is -0.176. The van der Waals surface area contributed by atoms with Gasteiger partial charge in [0.15, 0.2) is 0 Å². The lowest BCUT2D eigenvalue weighted by molar-refractivity contribution is 0.0946. The van der Waals surface area contributed by atoms with Gasteiger partial charge in [-0.25, -0.2) is 0 Å². The van der Waals surface area contributed by atoms with E-state index in [9.17, 15) is 4.79 Å². The molecule has 0 atom stereocenters. The molecule has 4 heteroatoms. The summed E-state index contributed by atoms with van der Waals surface area (Å²) in [5.41, 5.74) is 9.06. The Morgan fingerprint density at radius 2 is 2.11 bits per heavy atom. The maximum Gasteiger partial charge on any atom is 0.270 e. The number of aromatic nitrogens is 1. The molecule has 0 aliphatic carbocycles. The van der Waals surface area contributed by atoms with E-state index in [0.29, 0.717) is 18.8 Å². The minimum atomic E-state index is -0.176. The van der Waals surface area contributed by atoms with E-state index in [1.165, 1.54) is 5.56 Å². The summed E-state index contributed by atoms with van der Waals surface area (Å²) in [5, 5.41) is 2.85. The summed E-state index contributed by atoms with van der Waals surface area (Å²) in [4.78, 5) is 16.0. The van der Waals surface area contributed by atoms with Gasteiger partial charge in [-0.1, -0.05) is 35.9 Å². The molecule has 0 aliphatic heterocycles. The first-order valence-electron chi connectivity index (χ1n) is 6.18. The number of pyridine rings is 1. The van der Waals surface area contributed by atoms with Crippen LogP contribution >= 0.6 is 0 Å². The summed E-state index contributed by atoms with van der Waals surface area (Å²) < 4.78 is 0. The molecule has 1 aromatic heterocycles. The molecule has 0 saturated carbocycles. The van der Waals surface area contributed by atoms with Gasteiger partial charge in [-0.3, -0.25) is 9.78 Å². The molecule has 98 valence electrons. The van der Waals surface area contributed by atoms with Gasteiger partial charge in [0.1, 0.15) is 5.69 Å². The lowest BCUT2D eigenvalue weighted by Crippen LogP contribution is -2.23. The van der Waals surface area contributed by atoms with Gasteiger partial charge >= 0.3 is 0 Å². The number of carbonyl (C=O) groups excluding carboxylic acids is 1. The lowest BCUT2D eigenvalue weighted by Gasteiger charge is -2.06. The normalized spacial score (nSPS) is 10.2. The van der Waals surface area contributed by atoms with Crippen LogP contribution in [0, 0.1) is 6.92 Å². The molecule has 0 aliphatic rings. The van der Waals surface area contributed by atoms with Crippen LogP contribution in [-0.2, 0) is 13.1 Å². The van der Waals surface area contributed by atoms with Crippen molar-refractivity contribution in [1.29, 1.82) is 0 Å². The van der Waals surface area contributed by atoms with Gasteiger partial charge in [0.05, 0.1) is 0 Å². The molecule has 1 aromatic carbocycles. The number of hydrogen-bond acceptors (Lipinski definition) is 3. The zero-order chi connectivity index (χ0) is 13.7. The Balaban J connectivity index is 1.97. The first-order chi connectivity index (χ1) is 9.19. The molecule has 2 aromatic rings. The van der Waals surface area contributed by atoms with Crippen LogP contribution in [0.15, 0.2) is 42.6 Å². The average molecular weight is 255 g/mol. The molecule has 4 nitrogen and oxygen atoms in total. The van der Waals surface area contributed by atoms with Crippen LogP contribution in [0.2, 0.25) is 0 Å². The minimum absolute atomic E-state index is 0.176. The van der Waals surface area contributed by atoms with Crippen molar-refractivity contribution in [3.05, 3.63) is 65.0 Å². The molecule has 0 unspecified atom stereocenters. The van der Waals surface area contributed by atoms with Gasteiger partial charge in [0.25, 0.3) is 5.91 Å². The third-order valence-corrected chi connectivity index (χ3v) is 2.83. The predicted octanol–water partition coefficient (Wildman–Crippen LogP) is 1.78. The first-order valence-corrected chi connectivity index (χ1v) is 6.18. The first kappa shape index (κ1) is 13.2. The molecule has 0 bridgehead atoms. The van der Waals surface area contributed by atoms with Crippen molar-refractivity contribution >= 4 is 5.91 Å². The Bertz CT molecular complexity index is 564. The maximum atomic E-state index is 11.9. The molecule has 1 heterocycles. The predicted molar refractivity (Wildman–Crippen MR) is 74.5 cm³/mol. The van der Waals surface area contributed by atoms with Gasteiger partial charge in [0, 0.05) is 19.3 Å². The van der Waals surface area contributed by atoms with Crippen molar-refractivity contribution in [1.82, 2.24) is 10.3 Å². The van der Waals surface area contributed by atoms with E-state index in [1.54, 1.807) is 12.3 Å². The van der Waals surface area contributed by atoms with Crippen LogP contribution in [0.25, 0.3) is 0 Å². The summed E-state index contributed by atoms with van der Waals surface area (Å²) in [6, 6.07) is 11.5. The van der Waals surface area contributed by atoms with Crippen molar-refractivity contribution in [2.24, 2.45) is 5.73 Å². The number of aryl methyl sites for hydroxylation is 1. The summed E-state index contributed by atoms with van der Waals surface area (Å²) >= 11 is 0. The molecule has 0 spiro atoms. The Hall–Kier alpha value is -2.20. The maximum absolute atomic E-state index is 11.9. The van der Waals surface area contributed by atoms with Crippen molar-refractivity contribution < 1.29 is 4.79 Å². The van der Waals surface area contributed by atoms with E-state index in [4.69, 9.17) is 5.73 Å². The molecule has 1 amide bonds. The zero-order valence-electron chi connectivity index (χ0n) is 10.9. The Morgan fingerprint density at radius 1 is 1.26 bits per heavy atom. The second-order valence-corrected chi connectivity index (χ2v) is 4.43. The SMILES string of the molecule is Cc1cccc(CNC(=O)c2ccc(CN)cn2)c1. The number of benzene rings is 1. The van der Waals surface area contributed by atoms with Gasteiger partial charge in [-0.15, -0.1) is 0 Å². The smallest absolute Gasteiger partial charge is 0.270 e. The van der Waals surface area contributed by atoms with E-state index >= 15 is 0 Å². The van der Waals surface area contributed by atoms with E-state index in [-0.39, 0.29) is 5.91 Å². The molecule has 0 fully saturated rings. The molecular formula is C15H17N3O. The number of nitrogens with two attached hydrogens (primary N) is 1. The second-order valence-electron chi connectivity index (χ2n) is 4.43. The molecule has 3 N–H and O–H groups in total. The van der Waals surface area contributed by atoms with Crippen LogP contribution in [0.1, 0.15) is 27.2 Å². The van der Waals surface area contributed by atoms with Crippen molar-refractivity contribution in [2.75, 3.05) is 0 Å². The fourth-order valence-electron chi connectivity index (χ4n) is 1.77. The highest BCUT2D eigenvalue weighted by molar-refractivity contribution is 5.92. The van der Waals surface area contributed by atoms with Crippen molar-refractivity contribution in [3.63, 3.8) is 0 Å². The summed E-state index contributed by atoms with van der Waals surface area (Å²) in [6.07, 6.45) is 1.63. The molecule has 0 radical (unpaired) electrons. The minimum Gasteiger partial charge on any atom is -0.347 e. The monoisotopic (exact) mass is 255 g/mol. The highest BCUT2D eigenvalue weighted by atomic mass is 16.1. The molecular weight excluding hydrogens is 238 g/mol. The van der Waals surface area contributed by atoms with Crippen LogP contribution in [0.5, 0.6) is 0 Å². The van der Waals surface area contributed by atoms with Crippen LogP contribution < -0.4 is 11.1 Å². The van der Waals surface area contributed by atoms with E-state index < -0.39 is 0 Å². The van der Waals surface area contributed by atoms with Gasteiger partial charge in [-0.2, -0.15) is 0 Å². The second kappa shape index (κ2) is 6.11. The highest BCUT2D eigenvalue weighted by Crippen LogP contribution is 2.04. The Kier molecular flexibility index (Phi) is 4.26. The van der Waals surface area contributed by atoms with E-state index in [1.807, 2.05) is 37.3 Å². The topological polar surface area (TPSA) is 68.0 Å². The van der Waals surface area contributed by atoms with Crippen LogP contribution in [0.3, 0.4) is 0 Å². The number of amides is 1. The summed E-state index contributed by atoms with van der Waals surface area (Å²) in [7, 11) is 0. The quantitative estimate of drug-likeness (QED) is 0.875. The highest BCUT2D eigenvalue weighted by Gasteiger charge is 2.06. The molecule has 19 heavy (non-hydrogen) atoms. The number of nitrogens with one attached hydrogen (secondary N) is 1. The standard InChI is InChI=1S/C15H17N3O/c1-11-3-2-4-12(7-11)9-18-15(19)14-6-5-13(8-16)10-17-14/h2-7,10H,8-9,16H2,1H3,(H,18,19). The zero-order valence-corrected chi connectivity index (χ0v) is 10.9. The lowest BCUT2D eigenvalue weighted by atomic mass is 10.1. The van der Waals surface area contributed by atoms with Crippen LogP contribution in [0.4, 0.5) is 0 Å². The van der Waals surface area contributed by atoms with Gasteiger partial charge < -0.3 is 11.1 Å².